The second kappa shape index (κ2) is 7.10. The van der Waals surface area contributed by atoms with Crippen LogP contribution in [0.3, 0.4) is 0 Å². The van der Waals surface area contributed by atoms with Crippen molar-refractivity contribution in [3.05, 3.63) is 0 Å². The molecule has 0 aromatic carbocycles. The van der Waals surface area contributed by atoms with Crippen molar-refractivity contribution in [3.8, 4) is 0 Å². The van der Waals surface area contributed by atoms with Gasteiger partial charge in [-0.15, -0.1) is 0 Å². The lowest BCUT2D eigenvalue weighted by Gasteiger charge is -2.38. The Hall–Kier alpha value is -0.610. The van der Waals surface area contributed by atoms with Gasteiger partial charge in [0.15, 0.2) is 0 Å². The number of rotatable bonds is 7. The van der Waals surface area contributed by atoms with Crippen LogP contribution in [0.4, 0.5) is 0 Å². The predicted molar refractivity (Wildman–Crippen MR) is 83.3 cm³/mol. The summed E-state index contributed by atoms with van der Waals surface area (Å²) in [6.07, 6.45) is 10.9. The molecule has 0 bridgehead atoms. The van der Waals surface area contributed by atoms with Gasteiger partial charge in [-0.05, 0) is 50.0 Å². The molecule has 2 aliphatic carbocycles. The summed E-state index contributed by atoms with van der Waals surface area (Å²) in [4.78, 5) is 13.2. The lowest BCUT2D eigenvalue weighted by atomic mass is 9.89. The molecule has 3 rings (SSSR count). The van der Waals surface area contributed by atoms with Crippen LogP contribution in [0.15, 0.2) is 0 Å². The topological polar surface area (TPSA) is 52.6 Å². The Labute approximate surface area is 128 Å². The fourth-order valence-electron chi connectivity index (χ4n) is 4.31. The third-order valence-electron chi connectivity index (χ3n) is 5.51. The van der Waals surface area contributed by atoms with Crippen LogP contribution in [-0.4, -0.2) is 48.2 Å². The summed E-state index contributed by atoms with van der Waals surface area (Å²) in [6, 6.07) is 0.502. The molecule has 2 atom stereocenters. The Morgan fingerprint density at radius 3 is 2.48 bits per heavy atom. The van der Waals surface area contributed by atoms with Crippen LogP contribution in [0, 0.1) is 17.8 Å². The van der Waals surface area contributed by atoms with Crippen LogP contribution in [0.25, 0.3) is 0 Å². The number of carbonyl (C=O) groups is 1. The number of nitrogens with one attached hydrogen (secondary N) is 1. The van der Waals surface area contributed by atoms with Crippen LogP contribution in [0.2, 0.25) is 0 Å². The highest BCUT2D eigenvalue weighted by atomic mass is 16.4. The highest BCUT2D eigenvalue weighted by Crippen LogP contribution is 2.37. The Kier molecular flexibility index (Phi) is 5.17. The quantitative estimate of drug-likeness (QED) is 0.757. The van der Waals surface area contributed by atoms with Crippen molar-refractivity contribution >= 4 is 5.97 Å². The molecule has 1 heterocycles. The molecular weight excluding hydrogens is 264 g/mol. The highest BCUT2D eigenvalue weighted by Gasteiger charge is 2.32. The summed E-state index contributed by atoms with van der Waals surface area (Å²) in [5.41, 5.74) is 0. The molecule has 1 aliphatic heterocycles. The first-order chi connectivity index (χ1) is 10.2. The van der Waals surface area contributed by atoms with E-state index in [1.54, 1.807) is 0 Å². The Morgan fingerprint density at radius 1 is 1.05 bits per heavy atom. The van der Waals surface area contributed by atoms with Crippen molar-refractivity contribution in [1.82, 2.24) is 10.2 Å². The molecule has 0 aromatic heterocycles. The van der Waals surface area contributed by atoms with E-state index in [-0.39, 0.29) is 6.54 Å². The van der Waals surface area contributed by atoms with Crippen LogP contribution in [-0.2, 0) is 4.79 Å². The molecule has 1 saturated heterocycles. The first-order valence-corrected chi connectivity index (χ1v) is 8.86. The van der Waals surface area contributed by atoms with E-state index < -0.39 is 5.97 Å². The Balaban J connectivity index is 1.48. The van der Waals surface area contributed by atoms with Crippen LogP contribution in [0.5, 0.6) is 0 Å². The Morgan fingerprint density at radius 2 is 1.81 bits per heavy atom. The molecule has 4 nitrogen and oxygen atoms in total. The molecule has 2 saturated carbocycles. The van der Waals surface area contributed by atoms with Gasteiger partial charge in [0, 0.05) is 19.1 Å². The third kappa shape index (κ3) is 4.96. The van der Waals surface area contributed by atoms with Crippen molar-refractivity contribution in [1.29, 1.82) is 0 Å². The molecule has 0 spiro atoms. The van der Waals surface area contributed by atoms with E-state index in [0.29, 0.717) is 12.0 Å². The zero-order valence-electron chi connectivity index (χ0n) is 13.1. The molecule has 0 radical (unpaired) electrons. The summed E-state index contributed by atoms with van der Waals surface area (Å²) in [5.74, 6) is 1.82. The van der Waals surface area contributed by atoms with Gasteiger partial charge in [0.05, 0.1) is 6.54 Å². The second-order valence-corrected chi connectivity index (χ2v) is 7.62. The SMILES string of the molecule is O=C(O)CN1CC(CC2CC2)CC(NCC2CCCC2)C1. The molecule has 2 N–H and O–H groups in total. The van der Waals surface area contributed by atoms with Crippen molar-refractivity contribution in [2.45, 2.75) is 57.4 Å². The first kappa shape index (κ1) is 15.3. The van der Waals surface area contributed by atoms with Gasteiger partial charge >= 0.3 is 5.97 Å². The van der Waals surface area contributed by atoms with Gasteiger partial charge < -0.3 is 10.4 Å². The number of hydrogen-bond acceptors (Lipinski definition) is 3. The van der Waals surface area contributed by atoms with Crippen LogP contribution in [0.1, 0.15) is 51.4 Å². The maximum atomic E-state index is 11.0. The molecule has 0 aromatic rings. The van der Waals surface area contributed by atoms with E-state index in [1.807, 2.05) is 0 Å². The van der Waals surface area contributed by atoms with Crippen molar-refractivity contribution in [3.63, 3.8) is 0 Å². The molecule has 0 amide bonds. The minimum absolute atomic E-state index is 0.211. The van der Waals surface area contributed by atoms with E-state index in [0.717, 1.165) is 31.5 Å². The van der Waals surface area contributed by atoms with Gasteiger partial charge in [-0.3, -0.25) is 9.69 Å². The zero-order valence-corrected chi connectivity index (χ0v) is 13.1. The van der Waals surface area contributed by atoms with Crippen molar-refractivity contribution < 1.29 is 9.90 Å². The highest BCUT2D eigenvalue weighted by molar-refractivity contribution is 5.69. The smallest absolute Gasteiger partial charge is 0.317 e. The number of piperidine rings is 1. The van der Waals surface area contributed by atoms with E-state index >= 15 is 0 Å². The minimum Gasteiger partial charge on any atom is -0.480 e. The van der Waals surface area contributed by atoms with Crippen LogP contribution >= 0.6 is 0 Å². The zero-order chi connectivity index (χ0) is 14.7. The lowest BCUT2D eigenvalue weighted by Crippen LogP contribution is -2.51. The fraction of sp³-hybridized carbons (Fsp3) is 0.941. The second-order valence-electron chi connectivity index (χ2n) is 7.62. The monoisotopic (exact) mass is 294 g/mol. The molecule has 120 valence electrons. The fourth-order valence-corrected chi connectivity index (χ4v) is 4.31. The average Bonchev–Trinajstić information content (AvgIpc) is 3.08. The molecule has 21 heavy (non-hydrogen) atoms. The number of nitrogens with zero attached hydrogens (tertiary/aromatic N) is 1. The molecular formula is C17H30N2O2. The number of carboxylic acids is 1. The van der Waals surface area contributed by atoms with E-state index in [4.69, 9.17) is 5.11 Å². The predicted octanol–water partition coefficient (Wildman–Crippen LogP) is 2.34. The minimum atomic E-state index is -0.684. The van der Waals surface area contributed by atoms with Gasteiger partial charge in [0.2, 0.25) is 0 Å². The van der Waals surface area contributed by atoms with Gasteiger partial charge in [-0.1, -0.05) is 25.7 Å². The summed E-state index contributed by atoms with van der Waals surface area (Å²) >= 11 is 0. The number of carboxylic acid groups (broad SMARTS) is 1. The number of aliphatic carboxylic acids is 1. The summed E-state index contributed by atoms with van der Waals surface area (Å²) in [5, 5.41) is 12.8. The van der Waals surface area contributed by atoms with E-state index in [9.17, 15) is 4.79 Å². The maximum absolute atomic E-state index is 11.0. The van der Waals surface area contributed by atoms with Crippen molar-refractivity contribution in [2.75, 3.05) is 26.2 Å². The molecule has 4 heteroatoms. The molecule has 3 aliphatic rings. The Bertz CT molecular complexity index is 351. The maximum Gasteiger partial charge on any atom is 0.317 e. The van der Waals surface area contributed by atoms with Gasteiger partial charge in [0.1, 0.15) is 0 Å². The molecule has 3 fully saturated rings. The summed E-state index contributed by atoms with van der Waals surface area (Å²) < 4.78 is 0. The number of hydrogen-bond donors (Lipinski definition) is 2. The first-order valence-electron chi connectivity index (χ1n) is 8.86. The third-order valence-corrected chi connectivity index (χ3v) is 5.51. The largest absolute Gasteiger partial charge is 0.480 e. The van der Waals surface area contributed by atoms with Gasteiger partial charge in [-0.25, -0.2) is 0 Å². The van der Waals surface area contributed by atoms with Crippen LogP contribution < -0.4 is 5.32 Å². The standard InChI is InChI=1S/C17H30N2O2/c20-17(21)12-19-10-15(7-13-5-6-13)8-16(11-19)18-9-14-3-1-2-4-14/h13-16,18H,1-12H2,(H,20,21). The van der Waals surface area contributed by atoms with Gasteiger partial charge in [-0.2, -0.15) is 0 Å². The van der Waals surface area contributed by atoms with Gasteiger partial charge in [0.25, 0.3) is 0 Å². The average molecular weight is 294 g/mol. The van der Waals surface area contributed by atoms with E-state index in [1.165, 1.54) is 51.4 Å². The van der Waals surface area contributed by atoms with Crippen molar-refractivity contribution in [2.24, 2.45) is 17.8 Å². The summed E-state index contributed by atoms with van der Waals surface area (Å²) in [7, 11) is 0. The normalized spacial score (nSPS) is 31.6. The summed E-state index contributed by atoms with van der Waals surface area (Å²) in [6.45, 7) is 3.26. The lowest BCUT2D eigenvalue weighted by molar-refractivity contribution is -0.138. The molecule has 2 unspecified atom stereocenters. The van der Waals surface area contributed by atoms with E-state index in [2.05, 4.69) is 10.2 Å². The number of likely N-dealkylation sites (tertiary alicyclic amines) is 1.